The molecule has 1 fully saturated rings. The van der Waals surface area contributed by atoms with E-state index in [2.05, 4.69) is 29.5 Å². The molecule has 3 heterocycles. The molecule has 2 unspecified atom stereocenters. The molecule has 0 spiro atoms. The van der Waals surface area contributed by atoms with Gasteiger partial charge in [-0.3, -0.25) is 9.59 Å². The summed E-state index contributed by atoms with van der Waals surface area (Å²) in [5, 5.41) is 7.49. The van der Waals surface area contributed by atoms with E-state index < -0.39 is 6.04 Å². The average molecular weight is 447 g/mol. The van der Waals surface area contributed by atoms with Gasteiger partial charge in [0, 0.05) is 19.0 Å². The molecule has 170 valence electrons. The number of likely N-dealkylation sites (tertiary alicyclic amines) is 1. The average Bonchev–Trinajstić information content (AvgIpc) is 3.56. The van der Waals surface area contributed by atoms with Gasteiger partial charge in [0.1, 0.15) is 11.9 Å². The molecule has 1 saturated heterocycles. The van der Waals surface area contributed by atoms with Crippen LogP contribution in [0.3, 0.4) is 0 Å². The van der Waals surface area contributed by atoms with Gasteiger partial charge in [-0.25, -0.2) is 4.68 Å². The van der Waals surface area contributed by atoms with E-state index in [1.807, 2.05) is 41.1 Å². The van der Waals surface area contributed by atoms with Gasteiger partial charge in [-0.1, -0.05) is 43.3 Å². The minimum absolute atomic E-state index is 0.00597. The van der Waals surface area contributed by atoms with E-state index in [0.29, 0.717) is 36.7 Å². The molecule has 2 aliphatic heterocycles. The summed E-state index contributed by atoms with van der Waals surface area (Å²) < 4.78 is 12.6. The normalized spacial score (nSPS) is 17.9. The molecule has 2 atom stereocenters. The van der Waals surface area contributed by atoms with Crippen LogP contribution in [0.4, 0.5) is 5.82 Å². The molecule has 8 nitrogen and oxygen atoms in total. The van der Waals surface area contributed by atoms with Gasteiger partial charge in [-0.2, -0.15) is 5.10 Å². The third-order valence-electron chi connectivity index (χ3n) is 6.21. The van der Waals surface area contributed by atoms with Gasteiger partial charge in [-0.05, 0) is 36.1 Å². The van der Waals surface area contributed by atoms with Crippen molar-refractivity contribution in [3.05, 3.63) is 71.9 Å². The maximum atomic E-state index is 13.3. The van der Waals surface area contributed by atoms with E-state index in [9.17, 15) is 9.59 Å². The topological polar surface area (TPSA) is 85.7 Å². The Hall–Kier alpha value is -3.81. The number of anilines is 1. The van der Waals surface area contributed by atoms with Crippen molar-refractivity contribution in [2.45, 2.75) is 44.8 Å². The summed E-state index contributed by atoms with van der Waals surface area (Å²) in [5.74, 6) is 1.75. The Balaban J connectivity index is 1.32. The quantitative estimate of drug-likeness (QED) is 0.598. The van der Waals surface area contributed by atoms with Gasteiger partial charge in [0.2, 0.25) is 18.6 Å². The minimum atomic E-state index is -0.539. The van der Waals surface area contributed by atoms with Gasteiger partial charge in [0.05, 0.1) is 12.2 Å². The zero-order valence-electron chi connectivity index (χ0n) is 18.4. The number of nitrogens with one attached hydrogen (secondary N) is 1. The highest BCUT2D eigenvalue weighted by Crippen LogP contribution is 2.34. The number of carbonyl (C=O) groups excluding carboxylic acids is 2. The molecule has 2 aromatic carbocycles. The number of hydrogen-bond donors (Lipinski definition) is 1. The number of hydrogen-bond acceptors (Lipinski definition) is 5. The summed E-state index contributed by atoms with van der Waals surface area (Å²) in [6.07, 6.45) is 3.35. The predicted octanol–water partition coefficient (Wildman–Crippen LogP) is 3.74. The summed E-state index contributed by atoms with van der Waals surface area (Å²) in [4.78, 5) is 27.5. The Morgan fingerprint density at radius 1 is 1.15 bits per heavy atom. The second-order valence-corrected chi connectivity index (χ2v) is 8.25. The highest BCUT2D eigenvalue weighted by molar-refractivity contribution is 5.98. The summed E-state index contributed by atoms with van der Waals surface area (Å²) in [7, 11) is 0. The molecule has 0 radical (unpaired) electrons. The zero-order chi connectivity index (χ0) is 22.8. The van der Waals surface area contributed by atoms with Gasteiger partial charge in [0.25, 0.3) is 0 Å². The van der Waals surface area contributed by atoms with Crippen LogP contribution in [-0.2, 0) is 16.1 Å². The molecule has 0 aliphatic carbocycles. The van der Waals surface area contributed by atoms with E-state index in [-0.39, 0.29) is 24.6 Å². The summed E-state index contributed by atoms with van der Waals surface area (Å²) in [6, 6.07) is 17.0. The number of carbonyl (C=O) groups is 2. The molecule has 5 rings (SSSR count). The lowest BCUT2D eigenvalue weighted by molar-refractivity contribution is -0.133. The lowest BCUT2D eigenvalue weighted by atomic mass is 10.1. The van der Waals surface area contributed by atoms with Crippen molar-refractivity contribution in [3.8, 4) is 11.5 Å². The van der Waals surface area contributed by atoms with E-state index in [0.717, 1.165) is 17.5 Å². The number of ether oxygens (including phenoxy) is 2. The predicted molar refractivity (Wildman–Crippen MR) is 122 cm³/mol. The van der Waals surface area contributed by atoms with Crippen LogP contribution in [0.2, 0.25) is 0 Å². The first kappa shape index (κ1) is 21.1. The third-order valence-corrected chi connectivity index (χ3v) is 6.21. The van der Waals surface area contributed by atoms with Crippen molar-refractivity contribution in [3.63, 3.8) is 0 Å². The van der Waals surface area contributed by atoms with Crippen LogP contribution in [0.25, 0.3) is 0 Å². The molecule has 1 aromatic heterocycles. The van der Waals surface area contributed by atoms with Crippen LogP contribution in [0.5, 0.6) is 11.5 Å². The maximum absolute atomic E-state index is 13.3. The monoisotopic (exact) mass is 446 g/mol. The SMILES string of the molecule is CCC(c1ccccc1)n1nccc1NC(=O)C1CCC(=O)N1Cc1ccc2c(c1)OCO2. The fourth-order valence-corrected chi connectivity index (χ4v) is 4.54. The van der Waals surface area contributed by atoms with Gasteiger partial charge in [0.15, 0.2) is 11.5 Å². The Kier molecular flexibility index (Phi) is 5.73. The van der Waals surface area contributed by atoms with Gasteiger partial charge < -0.3 is 19.7 Å². The first-order valence-electron chi connectivity index (χ1n) is 11.2. The molecule has 2 aliphatic rings. The Morgan fingerprint density at radius 2 is 1.97 bits per heavy atom. The summed E-state index contributed by atoms with van der Waals surface area (Å²) >= 11 is 0. The van der Waals surface area contributed by atoms with Crippen LogP contribution in [0.1, 0.15) is 43.4 Å². The summed E-state index contributed by atoms with van der Waals surface area (Å²) in [5.41, 5.74) is 2.02. The molecule has 0 saturated carbocycles. The van der Waals surface area contributed by atoms with Crippen molar-refractivity contribution >= 4 is 17.6 Å². The number of rotatable bonds is 7. The van der Waals surface area contributed by atoms with Crippen LogP contribution in [0, 0.1) is 0 Å². The largest absolute Gasteiger partial charge is 0.454 e. The second kappa shape index (κ2) is 8.97. The molecular weight excluding hydrogens is 420 g/mol. The standard InChI is InChI=1S/C25H26N4O4/c1-2-19(18-6-4-3-5-7-18)29-23(12-13-26-29)27-25(31)20-9-11-24(30)28(20)15-17-8-10-21-22(14-17)33-16-32-21/h3-8,10,12-14,19-20H,2,9,11,15-16H2,1H3,(H,27,31). The molecule has 2 amide bonds. The second-order valence-electron chi connectivity index (χ2n) is 8.25. The smallest absolute Gasteiger partial charge is 0.248 e. The van der Waals surface area contributed by atoms with Gasteiger partial charge >= 0.3 is 0 Å². The number of benzene rings is 2. The van der Waals surface area contributed by atoms with Gasteiger partial charge in [-0.15, -0.1) is 0 Å². The highest BCUT2D eigenvalue weighted by Gasteiger charge is 2.36. The minimum Gasteiger partial charge on any atom is -0.454 e. The van der Waals surface area contributed by atoms with Crippen molar-refractivity contribution < 1.29 is 19.1 Å². The molecule has 3 aromatic rings. The van der Waals surface area contributed by atoms with Crippen LogP contribution in [0.15, 0.2) is 60.8 Å². The first-order chi connectivity index (χ1) is 16.1. The maximum Gasteiger partial charge on any atom is 0.248 e. The molecule has 8 heteroatoms. The lowest BCUT2D eigenvalue weighted by Gasteiger charge is -2.25. The Labute approximate surface area is 192 Å². The number of aromatic nitrogens is 2. The number of nitrogens with zero attached hydrogens (tertiary/aromatic N) is 3. The fraction of sp³-hybridized carbons (Fsp3) is 0.320. The number of fused-ring (bicyclic) bond motifs is 1. The molecular formula is C25H26N4O4. The number of amides is 2. The van der Waals surface area contributed by atoms with Crippen LogP contribution >= 0.6 is 0 Å². The van der Waals surface area contributed by atoms with Crippen LogP contribution < -0.4 is 14.8 Å². The van der Waals surface area contributed by atoms with E-state index >= 15 is 0 Å². The molecule has 1 N–H and O–H groups in total. The molecule has 33 heavy (non-hydrogen) atoms. The first-order valence-corrected chi connectivity index (χ1v) is 11.2. The van der Waals surface area contributed by atoms with Crippen molar-refractivity contribution in [1.29, 1.82) is 0 Å². The molecule has 0 bridgehead atoms. The third kappa shape index (κ3) is 4.16. The summed E-state index contributed by atoms with van der Waals surface area (Å²) in [6.45, 7) is 2.63. The van der Waals surface area contributed by atoms with E-state index in [4.69, 9.17) is 9.47 Å². The van der Waals surface area contributed by atoms with Crippen molar-refractivity contribution in [2.24, 2.45) is 0 Å². The lowest BCUT2D eigenvalue weighted by Crippen LogP contribution is -2.41. The fourth-order valence-electron chi connectivity index (χ4n) is 4.54. The van der Waals surface area contributed by atoms with Crippen molar-refractivity contribution in [1.82, 2.24) is 14.7 Å². The zero-order valence-corrected chi connectivity index (χ0v) is 18.4. The van der Waals surface area contributed by atoms with Crippen molar-refractivity contribution in [2.75, 3.05) is 12.1 Å². The van der Waals surface area contributed by atoms with Crippen LogP contribution in [-0.4, -0.2) is 39.3 Å². The van der Waals surface area contributed by atoms with E-state index in [1.165, 1.54) is 0 Å². The Morgan fingerprint density at radius 3 is 2.79 bits per heavy atom. The van der Waals surface area contributed by atoms with E-state index in [1.54, 1.807) is 17.2 Å². The highest BCUT2D eigenvalue weighted by atomic mass is 16.7. The Bertz CT molecular complexity index is 1160.